The third-order valence-electron chi connectivity index (χ3n) is 2.86. The Bertz CT molecular complexity index is 294. The topological polar surface area (TPSA) is 21.3 Å². The van der Waals surface area contributed by atoms with Crippen molar-refractivity contribution in [3.8, 4) is 0 Å². The highest BCUT2D eigenvalue weighted by molar-refractivity contribution is 5.24. The summed E-state index contributed by atoms with van der Waals surface area (Å²) < 4.78 is 5.71. The number of hydrogen-bond acceptors (Lipinski definition) is 2. The molecule has 0 radical (unpaired) electrons. The second-order valence-corrected chi connectivity index (χ2v) is 4.45. The van der Waals surface area contributed by atoms with E-state index in [4.69, 9.17) is 4.74 Å². The van der Waals surface area contributed by atoms with E-state index in [1.807, 2.05) is 0 Å². The van der Waals surface area contributed by atoms with Gasteiger partial charge in [0, 0.05) is 6.61 Å². The second-order valence-electron chi connectivity index (χ2n) is 4.45. The number of benzene rings is 1. The van der Waals surface area contributed by atoms with E-state index in [0.717, 1.165) is 26.2 Å². The molecule has 0 aromatic heterocycles. The first-order valence-corrected chi connectivity index (χ1v) is 6.65. The largest absolute Gasteiger partial charge is 0.379 e. The van der Waals surface area contributed by atoms with Crippen molar-refractivity contribution < 1.29 is 4.74 Å². The summed E-state index contributed by atoms with van der Waals surface area (Å²) >= 11 is 0. The summed E-state index contributed by atoms with van der Waals surface area (Å²) in [5.41, 5.74) is 2.62. The van der Waals surface area contributed by atoms with Crippen LogP contribution in [0.1, 0.15) is 43.9 Å². The lowest BCUT2D eigenvalue weighted by Gasteiger charge is -2.18. The van der Waals surface area contributed by atoms with Crippen molar-refractivity contribution in [2.45, 2.75) is 39.7 Å². The number of nitrogens with one attached hydrogen (secondary N) is 1. The van der Waals surface area contributed by atoms with Gasteiger partial charge in [0.2, 0.25) is 0 Å². The van der Waals surface area contributed by atoms with Gasteiger partial charge < -0.3 is 10.1 Å². The molecule has 0 aliphatic carbocycles. The highest BCUT2D eigenvalue weighted by atomic mass is 16.5. The molecule has 0 aliphatic heterocycles. The number of likely N-dealkylation sites (N-methyl/N-ethyl adjacent to an activating group) is 1. The predicted octanol–water partition coefficient (Wildman–Crippen LogP) is 3.46. The van der Waals surface area contributed by atoms with Crippen LogP contribution in [0.5, 0.6) is 0 Å². The van der Waals surface area contributed by atoms with Crippen molar-refractivity contribution in [1.82, 2.24) is 5.32 Å². The Morgan fingerprint density at radius 3 is 2.47 bits per heavy atom. The molecule has 96 valence electrons. The van der Waals surface area contributed by atoms with Crippen LogP contribution in [0.4, 0.5) is 0 Å². The van der Waals surface area contributed by atoms with E-state index in [0.29, 0.717) is 6.04 Å². The lowest BCUT2D eigenvalue weighted by molar-refractivity contribution is 0.109. The number of ether oxygens (including phenoxy) is 1. The Morgan fingerprint density at radius 2 is 1.88 bits per heavy atom. The van der Waals surface area contributed by atoms with Crippen LogP contribution in [0.15, 0.2) is 24.3 Å². The van der Waals surface area contributed by atoms with Gasteiger partial charge in [0.25, 0.3) is 0 Å². The van der Waals surface area contributed by atoms with Crippen molar-refractivity contribution >= 4 is 0 Å². The molecule has 1 atom stereocenters. The Hall–Kier alpha value is -0.860. The number of rotatable bonds is 8. The Morgan fingerprint density at radius 1 is 1.18 bits per heavy atom. The van der Waals surface area contributed by atoms with Crippen LogP contribution in [-0.2, 0) is 4.74 Å². The zero-order valence-electron chi connectivity index (χ0n) is 11.3. The smallest absolute Gasteiger partial charge is 0.0661 e. The Balaban J connectivity index is 2.49. The summed E-state index contributed by atoms with van der Waals surface area (Å²) in [7, 11) is 0. The number of aryl methyl sites for hydroxylation is 1. The summed E-state index contributed by atoms with van der Waals surface area (Å²) in [6.45, 7) is 9.03. The molecule has 1 unspecified atom stereocenters. The summed E-state index contributed by atoms with van der Waals surface area (Å²) in [6.07, 6.45) is 2.34. The zero-order chi connectivity index (χ0) is 12.5. The first kappa shape index (κ1) is 14.2. The van der Waals surface area contributed by atoms with E-state index in [2.05, 4.69) is 50.4 Å². The maximum atomic E-state index is 5.71. The molecular formula is C15H25NO. The molecule has 1 aromatic carbocycles. The number of unbranched alkanes of at least 4 members (excludes halogenated alkanes) is 1. The predicted molar refractivity (Wildman–Crippen MR) is 73.3 cm³/mol. The molecule has 0 amide bonds. The standard InChI is InChI=1S/C15H25NO/c1-4-6-11-17-12-15(16-5-2)14-9-7-13(3)8-10-14/h7-10,15-16H,4-6,11-12H2,1-3H3. The van der Waals surface area contributed by atoms with Gasteiger partial charge in [-0.2, -0.15) is 0 Å². The summed E-state index contributed by atoms with van der Waals surface area (Å²) in [5, 5.41) is 3.47. The molecular weight excluding hydrogens is 210 g/mol. The van der Waals surface area contributed by atoms with Gasteiger partial charge in [-0.15, -0.1) is 0 Å². The molecule has 2 nitrogen and oxygen atoms in total. The van der Waals surface area contributed by atoms with Crippen LogP contribution < -0.4 is 5.32 Å². The normalized spacial score (nSPS) is 12.6. The van der Waals surface area contributed by atoms with E-state index in [-0.39, 0.29) is 0 Å². The fraction of sp³-hybridized carbons (Fsp3) is 0.600. The molecule has 0 aliphatic rings. The molecule has 0 saturated carbocycles. The lowest BCUT2D eigenvalue weighted by Crippen LogP contribution is -2.25. The van der Waals surface area contributed by atoms with Crippen LogP contribution in [0.3, 0.4) is 0 Å². The minimum Gasteiger partial charge on any atom is -0.379 e. The molecule has 1 N–H and O–H groups in total. The van der Waals surface area contributed by atoms with Crippen molar-refractivity contribution in [2.24, 2.45) is 0 Å². The van der Waals surface area contributed by atoms with Crippen LogP contribution in [0, 0.1) is 6.92 Å². The van der Waals surface area contributed by atoms with Crippen LogP contribution >= 0.6 is 0 Å². The first-order chi connectivity index (χ1) is 8.27. The van der Waals surface area contributed by atoms with Gasteiger partial charge in [-0.25, -0.2) is 0 Å². The number of hydrogen-bond donors (Lipinski definition) is 1. The van der Waals surface area contributed by atoms with E-state index >= 15 is 0 Å². The third kappa shape index (κ3) is 5.33. The quantitative estimate of drug-likeness (QED) is 0.697. The van der Waals surface area contributed by atoms with E-state index in [1.165, 1.54) is 17.5 Å². The molecule has 0 fully saturated rings. The molecule has 0 heterocycles. The van der Waals surface area contributed by atoms with E-state index in [1.54, 1.807) is 0 Å². The van der Waals surface area contributed by atoms with Gasteiger partial charge in [0.05, 0.1) is 12.6 Å². The fourth-order valence-corrected chi connectivity index (χ4v) is 1.77. The molecule has 1 aromatic rings. The second kappa shape index (κ2) is 8.26. The van der Waals surface area contributed by atoms with E-state index < -0.39 is 0 Å². The summed E-state index contributed by atoms with van der Waals surface area (Å²) in [4.78, 5) is 0. The monoisotopic (exact) mass is 235 g/mol. The van der Waals surface area contributed by atoms with Gasteiger partial charge in [-0.05, 0) is 25.5 Å². The molecule has 2 heteroatoms. The van der Waals surface area contributed by atoms with Crippen molar-refractivity contribution in [1.29, 1.82) is 0 Å². The van der Waals surface area contributed by atoms with Crippen molar-refractivity contribution in [3.05, 3.63) is 35.4 Å². The SMILES string of the molecule is CCCCOCC(NCC)c1ccc(C)cc1. The zero-order valence-corrected chi connectivity index (χ0v) is 11.3. The van der Waals surface area contributed by atoms with Crippen LogP contribution in [-0.4, -0.2) is 19.8 Å². The summed E-state index contributed by atoms with van der Waals surface area (Å²) in [6, 6.07) is 9.01. The van der Waals surface area contributed by atoms with Crippen LogP contribution in [0.25, 0.3) is 0 Å². The van der Waals surface area contributed by atoms with Gasteiger partial charge in [-0.3, -0.25) is 0 Å². The molecule has 0 spiro atoms. The molecule has 0 bridgehead atoms. The van der Waals surface area contributed by atoms with Gasteiger partial charge in [-0.1, -0.05) is 50.1 Å². The minimum atomic E-state index is 0.317. The lowest BCUT2D eigenvalue weighted by atomic mass is 10.1. The molecule has 0 saturated heterocycles. The van der Waals surface area contributed by atoms with Crippen molar-refractivity contribution in [3.63, 3.8) is 0 Å². The molecule has 17 heavy (non-hydrogen) atoms. The Labute approximate surface area is 105 Å². The highest BCUT2D eigenvalue weighted by Gasteiger charge is 2.09. The third-order valence-corrected chi connectivity index (χ3v) is 2.86. The fourth-order valence-electron chi connectivity index (χ4n) is 1.77. The average Bonchev–Trinajstić information content (AvgIpc) is 2.34. The van der Waals surface area contributed by atoms with Gasteiger partial charge in [0.1, 0.15) is 0 Å². The van der Waals surface area contributed by atoms with Crippen LogP contribution in [0.2, 0.25) is 0 Å². The maximum absolute atomic E-state index is 5.71. The summed E-state index contributed by atoms with van der Waals surface area (Å²) in [5.74, 6) is 0. The van der Waals surface area contributed by atoms with Gasteiger partial charge >= 0.3 is 0 Å². The average molecular weight is 235 g/mol. The van der Waals surface area contributed by atoms with E-state index in [9.17, 15) is 0 Å². The van der Waals surface area contributed by atoms with Gasteiger partial charge in [0.15, 0.2) is 0 Å². The molecule has 1 rings (SSSR count). The highest BCUT2D eigenvalue weighted by Crippen LogP contribution is 2.14. The maximum Gasteiger partial charge on any atom is 0.0661 e. The first-order valence-electron chi connectivity index (χ1n) is 6.65. The Kier molecular flexibility index (Phi) is 6.90. The van der Waals surface area contributed by atoms with Crippen molar-refractivity contribution in [2.75, 3.05) is 19.8 Å². The minimum absolute atomic E-state index is 0.317.